The Labute approximate surface area is 155 Å². The van der Waals surface area contributed by atoms with Crippen LogP contribution in [0.2, 0.25) is 0 Å². The van der Waals surface area contributed by atoms with Crippen molar-refractivity contribution in [2.75, 3.05) is 23.4 Å². The smallest absolute Gasteiger partial charge is 0.307 e. The topological polar surface area (TPSA) is 119 Å². The maximum atomic E-state index is 12.0. The Morgan fingerprint density at radius 2 is 2.08 bits per heavy atom. The molecule has 0 unspecified atom stereocenters. The van der Waals surface area contributed by atoms with Gasteiger partial charge in [0.2, 0.25) is 5.91 Å². The van der Waals surface area contributed by atoms with Gasteiger partial charge in [-0.15, -0.1) is 11.8 Å². The summed E-state index contributed by atoms with van der Waals surface area (Å²) in [6.45, 7) is -0.495. The number of hydrogen-bond acceptors (Lipinski definition) is 7. The molecule has 26 heavy (non-hydrogen) atoms. The molecule has 1 aromatic carbocycles. The van der Waals surface area contributed by atoms with Gasteiger partial charge in [-0.1, -0.05) is 12.1 Å². The number of esters is 1. The quantitative estimate of drug-likeness (QED) is 0.686. The minimum Gasteiger partial charge on any atom is -0.456 e. The van der Waals surface area contributed by atoms with E-state index < -0.39 is 39.6 Å². The molecule has 2 N–H and O–H groups in total. The van der Waals surface area contributed by atoms with Crippen LogP contribution in [0.1, 0.15) is 12.8 Å². The Morgan fingerprint density at radius 1 is 1.31 bits per heavy atom. The molecule has 2 atom stereocenters. The number of benzene rings is 1. The Kier molecular flexibility index (Phi) is 5.52. The average Bonchev–Trinajstić information content (AvgIpc) is 2.92. The van der Waals surface area contributed by atoms with Crippen LogP contribution in [0.25, 0.3) is 0 Å². The van der Waals surface area contributed by atoms with Gasteiger partial charge in [-0.3, -0.25) is 14.4 Å². The van der Waals surface area contributed by atoms with E-state index in [1.165, 1.54) is 11.8 Å². The molecule has 0 aromatic heterocycles. The zero-order valence-corrected chi connectivity index (χ0v) is 15.4. The second-order valence-electron chi connectivity index (χ2n) is 6.12. The molecule has 140 valence electrons. The zero-order chi connectivity index (χ0) is 18.7. The lowest BCUT2D eigenvalue weighted by molar-refractivity contribution is -0.149. The molecule has 0 radical (unpaired) electrons. The van der Waals surface area contributed by atoms with Crippen molar-refractivity contribution in [3.8, 4) is 0 Å². The van der Waals surface area contributed by atoms with Gasteiger partial charge < -0.3 is 15.4 Å². The molecule has 3 rings (SSSR count). The molecule has 2 heterocycles. The first-order chi connectivity index (χ1) is 12.3. The Hall–Kier alpha value is -2.07. The summed E-state index contributed by atoms with van der Waals surface area (Å²) in [5, 5.41) is 4.64. The molecule has 0 saturated carbocycles. The fourth-order valence-electron chi connectivity index (χ4n) is 2.76. The number of anilines is 1. The van der Waals surface area contributed by atoms with Crippen LogP contribution < -0.4 is 10.6 Å². The summed E-state index contributed by atoms with van der Waals surface area (Å²) >= 11 is 1.27. The highest BCUT2D eigenvalue weighted by Crippen LogP contribution is 2.36. The minimum absolute atomic E-state index is 0.0488. The second kappa shape index (κ2) is 7.67. The molecule has 1 aromatic rings. The molecule has 0 spiro atoms. The SMILES string of the molecule is O=C(COC(=O)C[C@H]1Sc2ccccc2NC1=O)N[C@@H]1CCS(=O)(=O)C1. The number of carbonyl (C=O) groups is 3. The molecule has 1 fully saturated rings. The van der Waals surface area contributed by atoms with E-state index in [4.69, 9.17) is 4.74 Å². The van der Waals surface area contributed by atoms with Crippen molar-refractivity contribution >= 4 is 45.1 Å². The lowest BCUT2D eigenvalue weighted by atomic mass is 10.2. The van der Waals surface area contributed by atoms with Crippen molar-refractivity contribution in [1.82, 2.24) is 5.32 Å². The van der Waals surface area contributed by atoms with E-state index in [2.05, 4.69) is 10.6 Å². The summed E-state index contributed by atoms with van der Waals surface area (Å²) in [5.41, 5.74) is 0.706. The van der Waals surface area contributed by atoms with Crippen molar-refractivity contribution in [3.63, 3.8) is 0 Å². The molecule has 2 aliphatic heterocycles. The maximum absolute atomic E-state index is 12.0. The van der Waals surface area contributed by atoms with E-state index in [1.807, 2.05) is 18.2 Å². The number of carbonyl (C=O) groups excluding carboxylic acids is 3. The van der Waals surface area contributed by atoms with Crippen LogP contribution >= 0.6 is 11.8 Å². The van der Waals surface area contributed by atoms with E-state index >= 15 is 0 Å². The minimum atomic E-state index is -3.09. The fraction of sp³-hybridized carbons (Fsp3) is 0.438. The first-order valence-electron chi connectivity index (χ1n) is 8.04. The third-order valence-corrected chi connectivity index (χ3v) is 7.06. The third-order valence-electron chi connectivity index (χ3n) is 4.02. The Balaban J connectivity index is 1.44. The molecular formula is C16H18N2O6S2. The zero-order valence-electron chi connectivity index (χ0n) is 13.8. The number of ether oxygens (including phenoxy) is 1. The van der Waals surface area contributed by atoms with Gasteiger partial charge in [0.1, 0.15) is 0 Å². The van der Waals surface area contributed by atoms with Crippen LogP contribution in [-0.2, 0) is 29.0 Å². The van der Waals surface area contributed by atoms with E-state index in [0.29, 0.717) is 12.1 Å². The number of nitrogens with one attached hydrogen (secondary N) is 2. The van der Waals surface area contributed by atoms with Crippen LogP contribution in [0, 0.1) is 0 Å². The number of amides is 2. The fourth-order valence-corrected chi connectivity index (χ4v) is 5.53. The van der Waals surface area contributed by atoms with Crippen LogP contribution in [-0.4, -0.2) is 55.6 Å². The number of fused-ring (bicyclic) bond motifs is 1. The van der Waals surface area contributed by atoms with Gasteiger partial charge in [-0.05, 0) is 18.6 Å². The van der Waals surface area contributed by atoms with E-state index in [0.717, 1.165) is 4.90 Å². The lowest BCUT2D eigenvalue weighted by Crippen LogP contribution is -2.38. The average molecular weight is 398 g/mol. The number of thioether (sulfide) groups is 1. The van der Waals surface area contributed by atoms with Gasteiger partial charge in [0.05, 0.1) is 28.9 Å². The Morgan fingerprint density at radius 3 is 2.81 bits per heavy atom. The highest BCUT2D eigenvalue weighted by Gasteiger charge is 2.31. The van der Waals surface area contributed by atoms with E-state index in [9.17, 15) is 22.8 Å². The van der Waals surface area contributed by atoms with Crippen LogP contribution in [0.3, 0.4) is 0 Å². The molecule has 10 heteroatoms. The van der Waals surface area contributed by atoms with Gasteiger partial charge in [0.15, 0.2) is 16.4 Å². The second-order valence-corrected chi connectivity index (χ2v) is 9.60. The van der Waals surface area contributed by atoms with E-state index in [-0.39, 0.29) is 23.8 Å². The number of hydrogen-bond donors (Lipinski definition) is 2. The van der Waals surface area contributed by atoms with Crippen molar-refractivity contribution in [3.05, 3.63) is 24.3 Å². The predicted octanol–water partition coefficient (Wildman–Crippen LogP) is 0.336. The summed E-state index contributed by atoms with van der Waals surface area (Å²) in [5.74, 6) is -1.54. The first-order valence-corrected chi connectivity index (χ1v) is 10.7. The molecule has 8 nitrogen and oxygen atoms in total. The van der Waals surface area contributed by atoms with E-state index in [1.54, 1.807) is 6.07 Å². The standard InChI is InChI=1S/C16H18N2O6S2/c19-14(17-10-5-6-26(22,23)9-10)8-24-15(20)7-13-16(21)18-11-3-1-2-4-12(11)25-13/h1-4,10,13H,5-9H2,(H,17,19)(H,18,21)/t10-,13-/m1/s1. The highest BCUT2D eigenvalue weighted by molar-refractivity contribution is 8.01. The summed E-state index contributed by atoms with van der Waals surface area (Å²) in [6, 6.07) is 6.83. The molecule has 0 aliphatic carbocycles. The number of para-hydroxylation sites is 1. The predicted molar refractivity (Wildman–Crippen MR) is 95.5 cm³/mol. The van der Waals surface area contributed by atoms with Gasteiger partial charge >= 0.3 is 5.97 Å². The monoisotopic (exact) mass is 398 g/mol. The number of sulfone groups is 1. The van der Waals surface area contributed by atoms with Crippen LogP contribution in [0.5, 0.6) is 0 Å². The highest BCUT2D eigenvalue weighted by atomic mass is 32.2. The third kappa shape index (κ3) is 4.76. The Bertz CT molecular complexity index is 839. The van der Waals surface area contributed by atoms with Crippen molar-refractivity contribution in [1.29, 1.82) is 0 Å². The summed E-state index contributed by atoms with van der Waals surface area (Å²) < 4.78 is 27.6. The summed E-state index contributed by atoms with van der Waals surface area (Å²) in [6.07, 6.45) is 0.205. The van der Waals surface area contributed by atoms with Crippen molar-refractivity contribution in [2.24, 2.45) is 0 Å². The van der Waals surface area contributed by atoms with Gasteiger partial charge in [0.25, 0.3) is 5.91 Å². The van der Waals surface area contributed by atoms with Gasteiger partial charge in [-0.25, -0.2) is 8.42 Å². The molecule has 2 amide bonds. The van der Waals surface area contributed by atoms with Crippen molar-refractivity contribution in [2.45, 2.75) is 29.0 Å². The normalized spacial score (nSPS) is 23.6. The lowest BCUT2D eigenvalue weighted by Gasteiger charge is -2.23. The summed E-state index contributed by atoms with van der Waals surface area (Å²) in [4.78, 5) is 36.6. The van der Waals surface area contributed by atoms with Crippen molar-refractivity contribution < 1.29 is 27.5 Å². The summed E-state index contributed by atoms with van der Waals surface area (Å²) in [7, 11) is -3.09. The molecular weight excluding hydrogens is 380 g/mol. The molecule has 1 saturated heterocycles. The van der Waals surface area contributed by atoms with Crippen LogP contribution in [0.15, 0.2) is 29.2 Å². The molecule has 2 aliphatic rings. The first kappa shape index (κ1) is 18.7. The maximum Gasteiger partial charge on any atom is 0.307 e. The van der Waals surface area contributed by atoms with Gasteiger partial charge in [-0.2, -0.15) is 0 Å². The molecule has 0 bridgehead atoms. The number of rotatable bonds is 5. The van der Waals surface area contributed by atoms with Crippen LogP contribution in [0.4, 0.5) is 5.69 Å². The largest absolute Gasteiger partial charge is 0.456 e. The van der Waals surface area contributed by atoms with Gasteiger partial charge in [0, 0.05) is 10.9 Å².